The van der Waals surface area contributed by atoms with Gasteiger partial charge in [-0.1, -0.05) is 97.1 Å². The molecular formula is C41H26N2S. The van der Waals surface area contributed by atoms with Crippen molar-refractivity contribution in [3.05, 3.63) is 158 Å². The number of anilines is 3. The first-order valence-corrected chi connectivity index (χ1v) is 15.7. The molecule has 2 aromatic heterocycles. The lowest BCUT2D eigenvalue weighted by molar-refractivity contribution is 1.30. The first-order valence-electron chi connectivity index (χ1n) is 14.9. The SMILES string of the molecule is c1ccc(N(c2ccc(-c3cc4c5ccccc5ccc4c4ccccc34)cc2)c2cccc3sc4ccncc4c23)cc1. The van der Waals surface area contributed by atoms with Gasteiger partial charge in [0.05, 0.1) is 5.69 Å². The Bertz CT molecular complexity index is 2490. The molecule has 0 bridgehead atoms. The van der Waals surface area contributed by atoms with Crippen LogP contribution < -0.4 is 4.90 Å². The van der Waals surface area contributed by atoms with Crippen LogP contribution in [0.4, 0.5) is 17.1 Å². The number of para-hydroxylation sites is 1. The van der Waals surface area contributed by atoms with Crippen molar-refractivity contribution in [3.8, 4) is 11.1 Å². The number of fused-ring (bicyclic) bond motifs is 8. The van der Waals surface area contributed by atoms with Crippen molar-refractivity contribution in [2.75, 3.05) is 4.90 Å². The van der Waals surface area contributed by atoms with Gasteiger partial charge >= 0.3 is 0 Å². The predicted molar refractivity (Wildman–Crippen MR) is 190 cm³/mol. The van der Waals surface area contributed by atoms with E-state index in [1.807, 2.05) is 23.7 Å². The number of hydrogen-bond donors (Lipinski definition) is 0. The van der Waals surface area contributed by atoms with E-state index in [9.17, 15) is 0 Å². The molecule has 2 heterocycles. The lowest BCUT2D eigenvalue weighted by Crippen LogP contribution is -2.10. The monoisotopic (exact) mass is 578 g/mol. The van der Waals surface area contributed by atoms with Gasteiger partial charge in [0.1, 0.15) is 0 Å². The van der Waals surface area contributed by atoms with Crippen LogP contribution in [-0.2, 0) is 0 Å². The molecule has 0 unspecified atom stereocenters. The van der Waals surface area contributed by atoms with Gasteiger partial charge in [-0.2, -0.15) is 0 Å². The van der Waals surface area contributed by atoms with Crippen LogP contribution in [-0.4, -0.2) is 4.98 Å². The maximum Gasteiger partial charge on any atom is 0.0555 e. The summed E-state index contributed by atoms with van der Waals surface area (Å²) in [5.74, 6) is 0. The number of nitrogens with zero attached hydrogens (tertiary/aromatic N) is 2. The zero-order valence-electron chi connectivity index (χ0n) is 23.8. The topological polar surface area (TPSA) is 16.1 Å². The number of rotatable bonds is 4. The normalized spacial score (nSPS) is 11.6. The molecule has 2 nitrogen and oxygen atoms in total. The molecule has 0 saturated carbocycles. The van der Waals surface area contributed by atoms with Crippen molar-refractivity contribution in [2.24, 2.45) is 0 Å². The molecule has 44 heavy (non-hydrogen) atoms. The summed E-state index contributed by atoms with van der Waals surface area (Å²) in [6.07, 6.45) is 3.88. The molecule has 206 valence electrons. The first kappa shape index (κ1) is 25.0. The quantitative estimate of drug-likeness (QED) is 0.193. The van der Waals surface area contributed by atoms with Gasteiger partial charge in [0.15, 0.2) is 0 Å². The average molecular weight is 579 g/mol. The van der Waals surface area contributed by atoms with Crippen molar-refractivity contribution in [1.29, 1.82) is 0 Å². The molecule has 0 radical (unpaired) electrons. The third-order valence-corrected chi connectivity index (χ3v) is 9.87. The Morgan fingerprint density at radius 1 is 0.477 bits per heavy atom. The summed E-state index contributed by atoms with van der Waals surface area (Å²) >= 11 is 1.82. The Kier molecular flexibility index (Phi) is 5.71. The van der Waals surface area contributed by atoms with Gasteiger partial charge < -0.3 is 4.90 Å². The molecule has 3 heteroatoms. The van der Waals surface area contributed by atoms with E-state index in [-0.39, 0.29) is 0 Å². The van der Waals surface area contributed by atoms with Gasteiger partial charge in [0.2, 0.25) is 0 Å². The summed E-state index contributed by atoms with van der Waals surface area (Å²) in [5.41, 5.74) is 5.85. The van der Waals surface area contributed by atoms with E-state index in [0.29, 0.717) is 0 Å². The Hall–Kier alpha value is -5.51. The highest BCUT2D eigenvalue weighted by atomic mass is 32.1. The highest BCUT2D eigenvalue weighted by Gasteiger charge is 2.19. The Labute approximate surface area is 259 Å². The highest BCUT2D eigenvalue weighted by molar-refractivity contribution is 7.25. The number of thiophene rings is 1. The third kappa shape index (κ3) is 3.90. The fourth-order valence-electron chi connectivity index (χ4n) is 6.73. The number of hydrogen-bond acceptors (Lipinski definition) is 3. The van der Waals surface area contributed by atoms with Crippen LogP contribution in [0.5, 0.6) is 0 Å². The maximum atomic E-state index is 4.48. The van der Waals surface area contributed by atoms with Gasteiger partial charge in [-0.15, -0.1) is 11.3 Å². The molecule has 0 N–H and O–H groups in total. The minimum atomic E-state index is 1.12. The van der Waals surface area contributed by atoms with Gasteiger partial charge in [-0.3, -0.25) is 4.98 Å². The van der Waals surface area contributed by atoms with Crippen molar-refractivity contribution in [2.45, 2.75) is 0 Å². The van der Waals surface area contributed by atoms with Crippen LogP contribution in [0.1, 0.15) is 0 Å². The Balaban J connectivity index is 1.25. The van der Waals surface area contributed by atoms with Crippen LogP contribution in [0.15, 0.2) is 158 Å². The summed E-state index contributed by atoms with van der Waals surface area (Å²) in [6.45, 7) is 0. The first-order chi connectivity index (χ1) is 21.8. The van der Waals surface area contributed by atoms with E-state index in [1.165, 1.54) is 63.6 Å². The number of aromatic nitrogens is 1. The molecule has 9 rings (SSSR count). The summed E-state index contributed by atoms with van der Waals surface area (Å²) in [5, 5.41) is 10.1. The molecule has 0 spiro atoms. The van der Waals surface area contributed by atoms with Gasteiger partial charge in [0.25, 0.3) is 0 Å². The lowest BCUT2D eigenvalue weighted by atomic mass is 9.91. The number of benzene rings is 7. The molecule has 0 aliphatic rings. The van der Waals surface area contributed by atoms with Gasteiger partial charge in [-0.25, -0.2) is 0 Å². The molecule has 0 atom stereocenters. The third-order valence-electron chi connectivity index (χ3n) is 8.73. The van der Waals surface area contributed by atoms with Crippen molar-refractivity contribution in [3.63, 3.8) is 0 Å². The van der Waals surface area contributed by atoms with Crippen molar-refractivity contribution < 1.29 is 0 Å². The van der Waals surface area contributed by atoms with Crippen LogP contribution in [0.3, 0.4) is 0 Å². The smallest absolute Gasteiger partial charge is 0.0555 e. The van der Waals surface area contributed by atoms with E-state index in [4.69, 9.17) is 0 Å². The largest absolute Gasteiger partial charge is 0.310 e. The molecule has 9 aromatic rings. The van der Waals surface area contributed by atoms with Crippen molar-refractivity contribution in [1.82, 2.24) is 4.98 Å². The second kappa shape index (κ2) is 10.0. The molecule has 0 fully saturated rings. The van der Waals surface area contributed by atoms with Crippen LogP contribution in [0.2, 0.25) is 0 Å². The number of pyridine rings is 1. The molecule has 0 aliphatic heterocycles. The van der Waals surface area contributed by atoms with E-state index >= 15 is 0 Å². The maximum absolute atomic E-state index is 4.48. The fraction of sp³-hybridized carbons (Fsp3) is 0. The minimum Gasteiger partial charge on any atom is -0.310 e. The second-order valence-electron chi connectivity index (χ2n) is 11.2. The zero-order chi connectivity index (χ0) is 29.0. The van der Waals surface area contributed by atoms with Crippen LogP contribution >= 0.6 is 11.3 Å². The van der Waals surface area contributed by atoms with E-state index in [1.54, 1.807) is 0 Å². The van der Waals surface area contributed by atoms with E-state index in [2.05, 4.69) is 155 Å². The van der Waals surface area contributed by atoms with Gasteiger partial charge in [-0.05, 0) is 92.0 Å². The van der Waals surface area contributed by atoms with E-state index < -0.39 is 0 Å². The average Bonchev–Trinajstić information content (AvgIpc) is 3.48. The van der Waals surface area contributed by atoms with Crippen molar-refractivity contribution >= 4 is 80.9 Å². The van der Waals surface area contributed by atoms with Gasteiger partial charge in [0, 0.05) is 43.9 Å². The minimum absolute atomic E-state index is 1.12. The Morgan fingerprint density at radius 2 is 1.20 bits per heavy atom. The highest BCUT2D eigenvalue weighted by Crippen LogP contribution is 2.45. The predicted octanol–water partition coefficient (Wildman–Crippen LogP) is 12.0. The zero-order valence-corrected chi connectivity index (χ0v) is 24.6. The standard InChI is InChI=1S/C41H26N2S/c1-2-10-29(11-3-1)43(38-15-8-16-40-41(38)37-26-42-24-23-39(37)44-40)30-20-17-28(18-21-30)35-25-36-31-12-5-4-9-27(31)19-22-34(36)32-13-6-7-14-33(32)35/h1-26H. The van der Waals surface area contributed by atoms with Crippen LogP contribution in [0, 0.1) is 0 Å². The summed E-state index contributed by atoms with van der Waals surface area (Å²) < 4.78 is 2.51. The fourth-order valence-corrected chi connectivity index (χ4v) is 7.83. The molecule has 0 amide bonds. The summed E-state index contributed by atoms with van der Waals surface area (Å²) in [6, 6.07) is 52.8. The molecule has 7 aromatic carbocycles. The lowest BCUT2D eigenvalue weighted by Gasteiger charge is -2.26. The second-order valence-corrected chi connectivity index (χ2v) is 12.3. The molecule has 0 saturated heterocycles. The molecule has 0 aliphatic carbocycles. The van der Waals surface area contributed by atoms with Crippen LogP contribution in [0.25, 0.3) is 63.6 Å². The molecular weight excluding hydrogens is 553 g/mol. The summed E-state index contributed by atoms with van der Waals surface area (Å²) in [7, 11) is 0. The summed E-state index contributed by atoms with van der Waals surface area (Å²) in [4.78, 5) is 6.85. The Morgan fingerprint density at radius 3 is 2.07 bits per heavy atom. The van der Waals surface area contributed by atoms with E-state index in [0.717, 1.165) is 17.1 Å².